The molecular formula is C49H83NO5. The van der Waals surface area contributed by atoms with E-state index in [2.05, 4.69) is 99.0 Å². The molecule has 0 radical (unpaired) electrons. The van der Waals surface area contributed by atoms with Crippen molar-refractivity contribution in [1.82, 2.24) is 5.32 Å². The molecule has 0 bridgehead atoms. The van der Waals surface area contributed by atoms with Gasteiger partial charge >= 0.3 is 5.97 Å². The molecule has 0 saturated carbocycles. The molecule has 0 aliphatic carbocycles. The smallest absolute Gasteiger partial charge is 0.306 e. The van der Waals surface area contributed by atoms with Crippen LogP contribution in [0.5, 0.6) is 0 Å². The molecule has 0 spiro atoms. The van der Waals surface area contributed by atoms with Crippen LogP contribution in [0.3, 0.4) is 0 Å². The van der Waals surface area contributed by atoms with Gasteiger partial charge in [0.15, 0.2) is 0 Å². The molecule has 6 nitrogen and oxygen atoms in total. The highest BCUT2D eigenvalue weighted by molar-refractivity contribution is 5.78. The Hall–Kier alpha value is -2.96. The number of rotatable bonds is 38. The van der Waals surface area contributed by atoms with Gasteiger partial charge in [-0.05, 0) is 76.7 Å². The Kier molecular flexibility index (Phi) is 39.9. The number of aliphatic hydroxyl groups is 2. The van der Waals surface area contributed by atoms with Crippen molar-refractivity contribution in [2.24, 2.45) is 0 Å². The van der Waals surface area contributed by atoms with Gasteiger partial charge < -0.3 is 20.3 Å². The summed E-state index contributed by atoms with van der Waals surface area (Å²) in [4.78, 5) is 25.9. The predicted octanol–water partition coefficient (Wildman–Crippen LogP) is 12.8. The first kappa shape index (κ1) is 52.0. The quantitative estimate of drug-likeness (QED) is 0.0330. The molecule has 0 fully saturated rings. The molecule has 0 heterocycles. The summed E-state index contributed by atoms with van der Waals surface area (Å²) >= 11 is 0. The Morgan fingerprint density at radius 2 is 1.05 bits per heavy atom. The first-order chi connectivity index (χ1) is 27.0. The number of nitrogens with one attached hydrogen (secondary N) is 1. The molecule has 3 unspecified atom stereocenters. The Bertz CT molecular complexity index is 1080. The van der Waals surface area contributed by atoms with Gasteiger partial charge in [-0.2, -0.15) is 0 Å². The largest absolute Gasteiger partial charge is 0.458 e. The number of unbranched alkanes of at least 4 members (excludes halogenated alkanes) is 14. The number of hydrogen-bond acceptors (Lipinski definition) is 5. The number of ether oxygens (including phenoxy) is 1. The zero-order valence-corrected chi connectivity index (χ0v) is 35.5. The fourth-order valence-corrected chi connectivity index (χ4v) is 6.07. The number of allylic oxidation sites excluding steroid dienone is 13. The van der Waals surface area contributed by atoms with E-state index in [0.717, 1.165) is 89.9 Å². The van der Waals surface area contributed by atoms with Crippen LogP contribution >= 0.6 is 0 Å². The molecule has 0 rings (SSSR count). The average Bonchev–Trinajstić information content (AvgIpc) is 3.18. The molecule has 3 N–H and O–H groups in total. The maximum absolute atomic E-state index is 13.1. The SMILES string of the molecule is CC/C=C\C/C=C\C/C=C\C/C=C\C/C=C\C/C=C\C(CC(=O)NC(CO)C(O)CCCCCCCCCCC)OC(=O)CCCCCCC/C=C\CCC. The number of carbonyl (C=O) groups is 2. The molecule has 1 amide bonds. The standard InChI is InChI=1S/C49H83NO5/c1-4-7-10-13-16-19-21-22-23-24-25-26-27-29-31-34-37-40-45(55-49(54)42-39-36-33-30-20-17-14-11-8-5-2)43-48(53)50-46(44-51)47(52)41-38-35-32-28-18-15-12-9-6-3/h7,10-11,14,16,19,22-23,25-26,29,31,37,40,45-47,51-52H,4-6,8-9,12-13,15,17-18,20-21,24,27-28,30,32-36,38-39,41-44H2,1-3H3,(H,50,53)/b10-7-,14-11-,19-16-,23-22-,26-25-,31-29-,40-37-. The van der Waals surface area contributed by atoms with E-state index in [4.69, 9.17) is 4.74 Å². The van der Waals surface area contributed by atoms with E-state index < -0.39 is 18.2 Å². The second-order valence-corrected chi connectivity index (χ2v) is 14.7. The van der Waals surface area contributed by atoms with E-state index in [0.29, 0.717) is 19.3 Å². The minimum absolute atomic E-state index is 0.0549. The van der Waals surface area contributed by atoms with Gasteiger partial charge in [0.25, 0.3) is 0 Å². The van der Waals surface area contributed by atoms with Crippen molar-refractivity contribution in [3.8, 4) is 0 Å². The van der Waals surface area contributed by atoms with Crippen LogP contribution in [0.4, 0.5) is 0 Å². The highest BCUT2D eigenvalue weighted by Gasteiger charge is 2.23. The topological polar surface area (TPSA) is 95.9 Å². The molecule has 0 aromatic heterocycles. The van der Waals surface area contributed by atoms with Crippen molar-refractivity contribution in [1.29, 1.82) is 0 Å². The van der Waals surface area contributed by atoms with Crippen molar-refractivity contribution < 1.29 is 24.5 Å². The average molecular weight is 766 g/mol. The fourth-order valence-electron chi connectivity index (χ4n) is 6.07. The summed E-state index contributed by atoms with van der Waals surface area (Å²) in [5, 5.41) is 23.5. The molecule has 3 atom stereocenters. The van der Waals surface area contributed by atoms with Gasteiger partial charge in [-0.3, -0.25) is 9.59 Å². The van der Waals surface area contributed by atoms with Crippen molar-refractivity contribution in [2.45, 2.75) is 206 Å². The van der Waals surface area contributed by atoms with Crippen LogP contribution in [0.15, 0.2) is 85.1 Å². The van der Waals surface area contributed by atoms with Gasteiger partial charge in [-0.1, -0.05) is 183 Å². The van der Waals surface area contributed by atoms with Gasteiger partial charge in [0.05, 0.1) is 25.2 Å². The highest BCUT2D eigenvalue weighted by atomic mass is 16.5. The second-order valence-electron chi connectivity index (χ2n) is 14.7. The van der Waals surface area contributed by atoms with Crippen LogP contribution in [0.25, 0.3) is 0 Å². The monoisotopic (exact) mass is 766 g/mol. The van der Waals surface area contributed by atoms with Crippen LogP contribution in [-0.4, -0.2) is 46.9 Å². The van der Waals surface area contributed by atoms with Gasteiger partial charge in [0, 0.05) is 6.42 Å². The molecule has 0 aromatic rings. The lowest BCUT2D eigenvalue weighted by atomic mass is 10.0. The van der Waals surface area contributed by atoms with Gasteiger partial charge in [0.2, 0.25) is 5.91 Å². The van der Waals surface area contributed by atoms with E-state index in [1.165, 1.54) is 51.4 Å². The van der Waals surface area contributed by atoms with Crippen LogP contribution < -0.4 is 5.32 Å². The first-order valence-electron chi connectivity index (χ1n) is 22.3. The molecule has 0 aromatic carbocycles. The van der Waals surface area contributed by atoms with E-state index in [-0.39, 0.29) is 24.9 Å². The highest BCUT2D eigenvalue weighted by Crippen LogP contribution is 2.14. The summed E-state index contributed by atoms with van der Waals surface area (Å²) in [6, 6.07) is -0.745. The van der Waals surface area contributed by atoms with Gasteiger partial charge in [-0.25, -0.2) is 0 Å². The molecule has 314 valence electrons. The minimum atomic E-state index is -0.822. The minimum Gasteiger partial charge on any atom is -0.458 e. The maximum Gasteiger partial charge on any atom is 0.306 e. The Morgan fingerprint density at radius 1 is 0.564 bits per heavy atom. The summed E-state index contributed by atoms with van der Waals surface area (Å²) in [5.74, 6) is -0.653. The first-order valence-corrected chi connectivity index (χ1v) is 22.3. The second kappa shape index (κ2) is 42.2. The molecule has 6 heteroatoms. The lowest BCUT2D eigenvalue weighted by molar-refractivity contribution is -0.148. The summed E-state index contributed by atoms with van der Waals surface area (Å²) in [6.45, 7) is 6.22. The van der Waals surface area contributed by atoms with E-state index in [9.17, 15) is 19.8 Å². The van der Waals surface area contributed by atoms with Crippen LogP contribution in [-0.2, 0) is 14.3 Å². The van der Waals surface area contributed by atoms with Crippen molar-refractivity contribution in [3.05, 3.63) is 85.1 Å². The normalized spacial score (nSPS) is 14.2. The Labute approximate surface area is 338 Å². The molecule has 0 aliphatic heterocycles. The van der Waals surface area contributed by atoms with E-state index in [1.807, 2.05) is 6.08 Å². The third-order valence-electron chi connectivity index (χ3n) is 9.43. The van der Waals surface area contributed by atoms with Crippen LogP contribution in [0, 0.1) is 0 Å². The number of hydrogen-bond donors (Lipinski definition) is 3. The lowest BCUT2D eigenvalue weighted by Gasteiger charge is -2.23. The Morgan fingerprint density at radius 3 is 1.60 bits per heavy atom. The number of amides is 1. The number of esters is 1. The van der Waals surface area contributed by atoms with Crippen LogP contribution in [0.2, 0.25) is 0 Å². The van der Waals surface area contributed by atoms with E-state index in [1.54, 1.807) is 6.08 Å². The summed E-state index contributed by atoms with van der Waals surface area (Å²) in [7, 11) is 0. The lowest BCUT2D eigenvalue weighted by Crippen LogP contribution is -2.46. The van der Waals surface area contributed by atoms with Crippen LogP contribution in [0.1, 0.15) is 188 Å². The van der Waals surface area contributed by atoms with Crippen molar-refractivity contribution in [2.75, 3.05) is 6.61 Å². The maximum atomic E-state index is 13.1. The zero-order valence-electron chi connectivity index (χ0n) is 35.5. The third kappa shape index (κ3) is 37.7. The van der Waals surface area contributed by atoms with Gasteiger partial charge in [-0.15, -0.1) is 0 Å². The third-order valence-corrected chi connectivity index (χ3v) is 9.43. The van der Waals surface area contributed by atoms with E-state index >= 15 is 0 Å². The number of carbonyl (C=O) groups excluding carboxylic acids is 2. The van der Waals surface area contributed by atoms with Gasteiger partial charge in [0.1, 0.15) is 6.10 Å². The fraction of sp³-hybridized carbons (Fsp3) is 0.673. The Balaban J connectivity index is 4.84. The summed E-state index contributed by atoms with van der Waals surface area (Å²) in [6.07, 6.45) is 53.9. The molecule has 0 saturated heterocycles. The zero-order chi connectivity index (χ0) is 40.3. The summed E-state index contributed by atoms with van der Waals surface area (Å²) < 4.78 is 5.77. The predicted molar refractivity (Wildman–Crippen MR) is 236 cm³/mol. The number of aliphatic hydroxyl groups excluding tert-OH is 2. The van der Waals surface area contributed by atoms with Crippen molar-refractivity contribution >= 4 is 11.9 Å². The molecular weight excluding hydrogens is 683 g/mol. The van der Waals surface area contributed by atoms with Crippen molar-refractivity contribution in [3.63, 3.8) is 0 Å². The molecule has 55 heavy (non-hydrogen) atoms. The summed E-state index contributed by atoms with van der Waals surface area (Å²) in [5.41, 5.74) is 0. The molecule has 0 aliphatic rings.